The van der Waals surface area contributed by atoms with Crippen molar-refractivity contribution in [2.45, 2.75) is 75.7 Å². The van der Waals surface area contributed by atoms with E-state index in [1.54, 1.807) is 16.7 Å². The number of rotatable bonds is 8. The SMILES string of the molecule is C[C@@H]1[C@@H]([Si](C)(C)F)[C@H](CC(=O)N2Cc3ccccc3C[C@H]2CO)O[C@@]12C(=O)N(Cc1ccc(N3CCC3=O)cc1)c1ccc([N+](=O)[O-])cc12. The summed E-state index contributed by atoms with van der Waals surface area (Å²) >= 11 is 0. The molecule has 4 aliphatic rings. The minimum atomic E-state index is -3.63. The summed E-state index contributed by atoms with van der Waals surface area (Å²) in [5.74, 6) is -1.47. The predicted molar refractivity (Wildman–Crippen MR) is 182 cm³/mol. The van der Waals surface area contributed by atoms with Gasteiger partial charge in [0.05, 0.1) is 42.3 Å². The molecule has 3 aromatic rings. The first-order valence-corrected chi connectivity index (χ1v) is 19.6. The van der Waals surface area contributed by atoms with Gasteiger partial charge in [-0.1, -0.05) is 43.3 Å². The van der Waals surface area contributed by atoms with Crippen LogP contribution in [0.4, 0.5) is 21.2 Å². The molecular weight excluding hydrogens is 648 g/mol. The quantitative estimate of drug-likeness (QED) is 0.116. The van der Waals surface area contributed by atoms with Crippen molar-refractivity contribution in [3.05, 3.63) is 99.1 Å². The number of benzene rings is 3. The number of anilines is 2. The molecule has 2 fully saturated rings. The average Bonchev–Trinajstić information content (AvgIpc) is 3.49. The van der Waals surface area contributed by atoms with Crippen LogP contribution in [0.1, 0.15) is 42.0 Å². The van der Waals surface area contributed by atoms with E-state index in [1.165, 1.54) is 36.2 Å². The molecule has 0 saturated carbocycles. The van der Waals surface area contributed by atoms with E-state index in [4.69, 9.17) is 4.74 Å². The lowest BCUT2D eigenvalue weighted by Gasteiger charge is -2.37. The molecule has 0 unspecified atom stereocenters. The molecule has 49 heavy (non-hydrogen) atoms. The smallest absolute Gasteiger partial charge is 0.269 e. The van der Waals surface area contributed by atoms with E-state index in [1.807, 2.05) is 48.5 Å². The molecule has 1 N–H and O–H groups in total. The largest absolute Gasteiger partial charge is 0.394 e. The number of aliphatic hydroxyl groups is 1. The topological polar surface area (TPSA) is 134 Å². The number of carbonyl (C=O) groups is 3. The van der Waals surface area contributed by atoms with Crippen molar-refractivity contribution in [3.8, 4) is 0 Å². The number of aliphatic hydroxyl groups excluding tert-OH is 1. The van der Waals surface area contributed by atoms with Crippen LogP contribution in [0.3, 0.4) is 0 Å². The van der Waals surface area contributed by atoms with E-state index in [0.29, 0.717) is 37.2 Å². The molecule has 5 atom stereocenters. The van der Waals surface area contributed by atoms with Crippen molar-refractivity contribution in [3.63, 3.8) is 0 Å². The number of amides is 3. The Morgan fingerprint density at radius 2 is 1.82 bits per heavy atom. The highest BCUT2D eigenvalue weighted by atomic mass is 28.4. The Bertz CT molecular complexity index is 1850. The highest BCUT2D eigenvalue weighted by molar-refractivity contribution is 6.72. The molecule has 3 amide bonds. The number of carbonyl (C=O) groups excluding carboxylic acids is 3. The van der Waals surface area contributed by atoms with E-state index in [-0.39, 0.29) is 37.1 Å². The Labute approximate surface area is 284 Å². The van der Waals surface area contributed by atoms with Crippen LogP contribution in [0.25, 0.3) is 0 Å². The number of hydrogen-bond acceptors (Lipinski definition) is 7. The summed E-state index contributed by atoms with van der Waals surface area (Å²) in [7, 11) is -3.63. The van der Waals surface area contributed by atoms with E-state index >= 15 is 4.11 Å². The number of nitro groups is 1. The lowest BCUT2D eigenvalue weighted by molar-refractivity contribution is -0.385. The van der Waals surface area contributed by atoms with Crippen LogP contribution in [0, 0.1) is 16.0 Å². The van der Waals surface area contributed by atoms with Crippen molar-refractivity contribution in [2.75, 3.05) is 23.0 Å². The normalized spacial score (nSPS) is 26.2. The fraction of sp³-hybridized carbons (Fsp3) is 0.417. The molecule has 3 aromatic carbocycles. The Balaban J connectivity index is 1.23. The zero-order valence-corrected chi connectivity index (χ0v) is 28.7. The molecule has 0 aromatic heterocycles. The van der Waals surface area contributed by atoms with Gasteiger partial charge in [-0.3, -0.25) is 24.5 Å². The molecule has 1 spiro atoms. The number of ether oxygens (including phenoxy) is 1. The van der Waals surface area contributed by atoms with Crippen molar-refractivity contribution in [1.82, 2.24) is 4.90 Å². The number of β-lactam (4-membered cyclic amide) rings is 1. The summed E-state index contributed by atoms with van der Waals surface area (Å²) in [5, 5.41) is 22.2. The zero-order valence-electron chi connectivity index (χ0n) is 27.7. The van der Waals surface area contributed by atoms with Crippen LogP contribution in [-0.4, -0.2) is 66.4 Å². The number of hydrogen-bond donors (Lipinski definition) is 1. The minimum Gasteiger partial charge on any atom is -0.394 e. The Morgan fingerprint density at radius 1 is 1.10 bits per heavy atom. The highest BCUT2D eigenvalue weighted by Crippen LogP contribution is 2.60. The summed E-state index contributed by atoms with van der Waals surface area (Å²) in [6.07, 6.45) is -0.191. The van der Waals surface area contributed by atoms with Gasteiger partial charge < -0.3 is 28.7 Å². The van der Waals surface area contributed by atoms with Crippen molar-refractivity contribution in [1.29, 1.82) is 0 Å². The van der Waals surface area contributed by atoms with Gasteiger partial charge in [0.2, 0.25) is 20.2 Å². The number of nitrogens with zero attached hydrogens (tertiary/aromatic N) is 4. The Kier molecular flexibility index (Phi) is 8.19. The average molecular weight is 687 g/mol. The lowest BCUT2D eigenvalue weighted by Crippen LogP contribution is -2.48. The van der Waals surface area contributed by atoms with Crippen molar-refractivity contribution >= 4 is 43.2 Å². The van der Waals surface area contributed by atoms with Crippen molar-refractivity contribution < 1.29 is 33.3 Å². The van der Waals surface area contributed by atoms with Crippen LogP contribution in [-0.2, 0) is 44.2 Å². The van der Waals surface area contributed by atoms with E-state index in [9.17, 15) is 29.6 Å². The predicted octanol–water partition coefficient (Wildman–Crippen LogP) is 4.99. The Hall–Kier alpha value is -4.46. The van der Waals surface area contributed by atoms with E-state index < -0.39 is 48.4 Å². The fourth-order valence-corrected chi connectivity index (χ4v) is 10.9. The van der Waals surface area contributed by atoms with Crippen LogP contribution < -0.4 is 9.80 Å². The van der Waals surface area contributed by atoms with Gasteiger partial charge in [-0.2, -0.15) is 0 Å². The van der Waals surface area contributed by atoms with Crippen molar-refractivity contribution in [2.24, 2.45) is 5.92 Å². The first kappa shape index (κ1) is 33.1. The molecule has 0 bridgehead atoms. The second-order valence-electron chi connectivity index (χ2n) is 14.1. The molecule has 0 aliphatic carbocycles. The number of halogens is 1. The number of nitro benzene ring substituents is 1. The molecule has 13 heteroatoms. The van der Waals surface area contributed by atoms with Gasteiger partial charge >= 0.3 is 0 Å². The molecule has 7 rings (SSSR count). The number of fused-ring (bicyclic) bond motifs is 3. The van der Waals surface area contributed by atoms with Gasteiger partial charge in [0.1, 0.15) is 0 Å². The highest BCUT2D eigenvalue weighted by Gasteiger charge is 2.67. The third kappa shape index (κ3) is 5.44. The van der Waals surface area contributed by atoms with Gasteiger partial charge in [0.25, 0.3) is 11.6 Å². The Morgan fingerprint density at radius 3 is 2.43 bits per heavy atom. The van der Waals surface area contributed by atoms with E-state index in [2.05, 4.69) is 0 Å². The summed E-state index contributed by atoms with van der Waals surface area (Å²) in [5.41, 5.74) is 1.53. The maximum absolute atomic E-state index is 16.4. The molecule has 11 nitrogen and oxygen atoms in total. The first-order chi connectivity index (χ1) is 23.3. The van der Waals surface area contributed by atoms with Gasteiger partial charge in [-0.25, -0.2) is 0 Å². The fourth-order valence-electron chi connectivity index (χ4n) is 8.39. The van der Waals surface area contributed by atoms with Crippen LogP contribution in [0.5, 0.6) is 0 Å². The maximum Gasteiger partial charge on any atom is 0.269 e. The van der Waals surface area contributed by atoms with Crippen LogP contribution in [0.15, 0.2) is 66.7 Å². The summed E-state index contributed by atoms with van der Waals surface area (Å²) < 4.78 is 23.1. The van der Waals surface area contributed by atoms with Gasteiger partial charge in [-0.15, -0.1) is 0 Å². The lowest BCUT2D eigenvalue weighted by atomic mass is 9.82. The zero-order chi connectivity index (χ0) is 34.8. The second kappa shape index (κ2) is 12.1. The second-order valence-corrected chi connectivity index (χ2v) is 17.9. The molecule has 2 saturated heterocycles. The molecular formula is C36H39FN4O7Si. The molecule has 4 heterocycles. The molecule has 4 aliphatic heterocycles. The molecule has 256 valence electrons. The van der Waals surface area contributed by atoms with E-state index in [0.717, 1.165) is 22.4 Å². The minimum absolute atomic E-state index is 0.0474. The van der Waals surface area contributed by atoms with Gasteiger partial charge in [0.15, 0.2) is 5.60 Å². The van der Waals surface area contributed by atoms with Gasteiger partial charge in [0, 0.05) is 54.4 Å². The van der Waals surface area contributed by atoms with Gasteiger partial charge in [-0.05, 0) is 54.4 Å². The summed E-state index contributed by atoms with van der Waals surface area (Å²) in [4.78, 5) is 56.9. The first-order valence-electron chi connectivity index (χ1n) is 16.7. The number of non-ortho nitro benzene ring substituents is 1. The molecule has 0 radical (unpaired) electrons. The summed E-state index contributed by atoms with van der Waals surface area (Å²) in [6, 6.07) is 18.8. The monoisotopic (exact) mass is 686 g/mol. The third-order valence-corrected chi connectivity index (χ3v) is 13.3. The van der Waals surface area contributed by atoms with Crippen LogP contribution in [0.2, 0.25) is 18.6 Å². The maximum atomic E-state index is 16.4. The summed E-state index contributed by atoms with van der Waals surface area (Å²) in [6.45, 7) is 5.65. The third-order valence-electron chi connectivity index (χ3n) is 10.9. The van der Waals surface area contributed by atoms with Crippen LogP contribution >= 0.6 is 0 Å². The standard InChI is InChI=1S/C36H39FN4O7Si/c1-22-34(49(2,3)37)31(18-33(44)39-20-25-7-5-4-6-24(25)16-28(39)21-42)48-36(22)29-17-27(41(46)47)12-13-30(29)40(35(36)45)19-23-8-10-26(11-9-23)38-15-14-32(38)43/h4-13,17,22,28,31,34,42H,14-16,18-21H2,1-3H3/t22-,28+,31+,34-,36+/m1/s1.